The van der Waals surface area contributed by atoms with Gasteiger partial charge in [-0.15, -0.1) is 0 Å². The van der Waals surface area contributed by atoms with Gasteiger partial charge in [-0.2, -0.15) is 0 Å². The monoisotopic (exact) mass is 373 g/mol. The fourth-order valence-corrected chi connectivity index (χ4v) is 6.79. The highest BCUT2D eigenvalue weighted by molar-refractivity contribution is 5.85. The zero-order valence-electron chi connectivity index (χ0n) is 16.6. The molecule has 2 aliphatic heterocycles. The molecule has 5 rings (SSSR count). The number of aliphatic hydroxyl groups excluding tert-OH is 1. The van der Waals surface area contributed by atoms with Crippen molar-refractivity contribution in [1.29, 1.82) is 0 Å². The van der Waals surface area contributed by atoms with Gasteiger partial charge in [0, 0.05) is 24.4 Å². The number of carbonyl (C=O) groups excluding carboxylic acids is 1. The van der Waals surface area contributed by atoms with E-state index in [0.29, 0.717) is 12.2 Å². The number of hydrogen-bond donors (Lipinski definition) is 2. The number of ether oxygens (including phenoxy) is 1. The lowest BCUT2D eigenvalue weighted by atomic mass is 9.43. The highest BCUT2D eigenvalue weighted by Gasteiger charge is 2.77. The van der Waals surface area contributed by atoms with Gasteiger partial charge in [0.1, 0.15) is 5.76 Å². The minimum absolute atomic E-state index is 0.0311. The predicted octanol–water partition coefficient (Wildman–Crippen LogP) is 2.95. The van der Waals surface area contributed by atoms with Gasteiger partial charge in [0.15, 0.2) is 17.6 Å². The van der Waals surface area contributed by atoms with Crippen molar-refractivity contribution >= 4 is 5.78 Å². The van der Waals surface area contributed by atoms with Crippen molar-refractivity contribution in [2.75, 3.05) is 13.1 Å². The number of rotatable bonds is 4. The normalized spacial score (nSPS) is 48.4. The second-order valence-electron chi connectivity index (χ2n) is 9.80. The summed E-state index contributed by atoms with van der Waals surface area (Å²) in [7, 11) is 0. The molecule has 2 heterocycles. The summed E-state index contributed by atoms with van der Waals surface area (Å²) in [6, 6.07) is 0. The fraction of sp³-hybridized carbons (Fsp3) is 0.773. The Bertz CT molecular complexity index is 751. The first kappa shape index (κ1) is 17.7. The van der Waals surface area contributed by atoms with Gasteiger partial charge in [-0.3, -0.25) is 9.69 Å². The van der Waals surface area contributed by atoms with Crippen LogP contribution in [0.2, 0.25) is 0 Å². The number of carbonyl (C=O) groups is 1. The lowest BCUT2D eigenvalue weighted by Gasteiger charge is -2.68. The maximum absolute atomic E-state index is 12.9. The highest BCUT2D eigenvalue weighted by Crippen LogP contribution is 2.69. The van der Waals surface area contributed by atoms with Crippen LogP contribution in [0.5, 0.6) is 0 Å². The van der Waals surface area contributed by atoms with E-state index < -0.39 is 22.7 Å². The van der Waals surface area contributed by atoms with Gasteiger partial charge in [-0.05, 0) is 64.0 Å². The number of piperidine rings is 1. The summed E-state index contributed by atoms with van der Waals surface area (Å²) in [5.41, 5.74) is -2.15. The number of hydrogen-bond acceptors (Lipinski definition) is 5. The summed E-state index contributed by atoms with van der Waals surface area (Å²) in [5, 5.41) is 22.6. The summed E-state index contributed by atoms with van der Waals surface area (Å²) >= 11 is 0. The van der Waals surface area contributed by atoms with Crippen LogP contribution in [0.15, 0.2) is 23.7 Å². The number of likely N-dealkylation sites (tertiary alicyclic amines) is 1. The molecular weight excluding hydrogens is 342 g/mol. The van der Waals surface area contributed by atoms with Crippen LogP contribution in [-0.2, 0) is 9.53 Å². The van der Waals surface area contributed by atoms with E-state index in [-0.39, 0.29) is 23.4 Å². The minimum atomic E-state index is -1.07. The zero-order valence-corrected chi connectivity index (χ0v) is 16.6. The SMILES string of the molecule is CCC(=O)[C@@H]1OC2=C(O)C=CC3CC4(C)N(CC5CC5)CC[C@@]1(C23)[C@]4(C)O. The summed E-state index contributed by atoms with van der Waals surface area (Å²) < 4.78 is 6.18. The molecule has 2 saturated heterocycles. The minimum Gasteiger partial charge on any atom is -0.504 e. The Morgan fingerprint density at radius 1 is 1.37 bits per heavy atom. The molecule has 2 bridgehead atoms. The molecule has 0 amide bonds. The molecule has 2 N–H and O–H groups in total. The van der Waals surface area contributed by atoms with Crippen LogP contribution in [-0.4, -0.2) is 51.2 Å². The molecular formula is C22H31NO4. The first-order chi connectivity index (χ1) is 12.8. The molecule has 0 aromatic carbocycles. The van der Waals surface area contributed by atoms with Crippen LogP contribution in [0.1, 0.15) is 52.9 Å². The Morgan fingerprint density at radius 3 is 2.78 bits per heavy atom. The van der Waals surface area contributed by atoms with Gasteiger partial charge in [0.25, 0.3) is 0 Å². The molecule has 1 spiro atoms. The molecule has 6 atom stereocenters. The number of allylic oxidation sites excluding steroid dienone is 3. The number of nitrogens with zero attached hydrogens (tertiary/aromatic N) is 1. The maximum atomic E-state index is 12.9. The second kappa shape index (κ2) is 5.38. The van der Waals surface area contributed by atoms with Gasteiger partial charge in [0.2, 0.25) is 0 Å². The molecule has 5 heteroatoms. The van der Waals surface area contributed by atoms with Gasteiger partial charge in [-0.1, -0.05) is 13.0 Å². The third-order valence-electron chi connectivity index (χ3n) is 8.63. The highest BCUT2D eigenvalue weighted by atomic mass is 16.5. The van der Waals surface area contributed by atoms with E-state index in [4.69, 9.17) is 4.74 Å². The summed E-state index contributed by atoms with van der Waals surface area (Å²) in [6.07, 6.45) is 7.63. The van der Waals surface area contributed by atoms with E-state index in [1.165, 1.54) is 12.8 Å². The van der Waals surface area contributed by atoms with Gasteiger partial charge in [-0.25, -0.2) is 0 Å². The van der Waals surface area contributed by atoms with Crippen molar-refractivity contribution in [3.63, 3.8) is 0 Å². The Hall–Kier alpha value is -1.33. The van der Waals surface area contributed by atoms with Crippen molar-refractivity contribution in [3.8, 4) is 0 Å². The molecule has 0 radical (unpaired) electrons. The van der Waals surface area contributed by atoms with E-state index in [0.717, 1.165) is 31.8 Å². The topological polar surface area (TPSA) is 70.0 Å². The molecule has 2 saturated carbocycles. The molecule has 5 aliphatic rings. The summed E-state index contributed by atoms with van der Waals surface area (Å²) in [5.74, 6) is 1.50. The summed E-state index contributed by atoms with van der Waals surface area (Å²) in [4.78, 5) is 15.4. The van der Waals surface area contributed by atoms with E-state index >= 15 is 0 Å². The standard InChI is InChI=1S/C22H31NO4/c1-4-15(24)19-22-9-10-23(12-13-5-6-13)20(2,21(22,3)26)11-14-7-8-16(25)18(27-19)17(14)22/h7-8,13-14,17,19,25-26H,4-6,9-12H2,1-3H3/t14?,17?,19-,20?,21+,22-/m0/s1. The van der Waals surface area contributed by atoms with Crippen molar-refractivity contribution in [3.05, 3.63) is 23.7 Å². The summed E-state index contributed by atoms with van der Waals surface area (Å²) in [6.45, 7) is 7.88. The Morgan fingerprint density at radius 2 is 2.11 bits per heavy atom. The van der Waals surface area contributed by atoms with Crippen LogP contribution in [0.4, 0.5) is 0 Å². The molecule has 27 heavy (non-hydrogen) atoms. The Kier molecular flexibility index (Phi) is 3.54. The third kappa shape index (κ3) is 2.00. The molecule has 0 aromatic rings. The van der Waals surface area contributed by atoms with E-state index in [1.54, 1.807) is 6.08 Å². The maximum Gasteiger partial charge on any atom is 0.173 e. The van der Waals surface area contributed by atoms with Gasteiger partial charge < -0.3 is 14.9 Å². The van der Waals surface area contributed by atoms with E-state index in [2.05, 4.69) is 17.9 Å². The van der Waals surface area contributed by atoms with Crippen molar-refractivity contribution in [2.45, 2.75) is 70.1 Å². The van der Waals surface area contributed by atoms with Crippen molar-refractivity contribution in [2.24, 2.45) is 23.2 Å². The number of aliphatic hydroxyl groups is 2. The first-order valence-electron chi connectivity index (χ1n) is 10.5. The van der Waals surface area contributed by atoms with Crippen LogP contribution >= 0.6 is 0 Å². The predicted molar refractivity (Wildman–Crippen MR) is 101 cm³/mol. The molecule has 3 unspecified atom stereocenters. The van der Waals surface area contributed by atoms with Crippen LogP contribution in [0.3, 0.4) is 0 Å². The molecule has 3 aliphatic carbocycles. The molecule has 0 aromatic heterocycles. The van der Waals surface area contributed by atoms with Crippen LogP contribution in [0, 0.1) is 23.2 Å². The number of fused-ring (bicyclic) bond motifs is 1. The Labute approximate surface area is 161 Å². The lowest BCUT2D eigenvalue weighted by Crippen LogP contribution is -2.79. The van der Waals surface area contributed by atoms with E-state index in [9.17, 15) is 15.0 Å². The Balaban J connectivity index is 1.67. The van der Waals surface area contributed by atoms with Crippen LogP contribution < -0.4 is 0 Å². The zero-order chi connectivity index (χ0) is 19.2. The molecule has 148 valence electrons. The lowest BCUT2D eigenvalue weighted by molar-refractivity contribution is -0.259. The quantitative estimate of drug-likeness (QED) is 0.793. The van der Waals surface area contributed by atoms with Crippen molar-refractivity contribution < 1.29 is 19.7 Å². The smallest absolute Gasteiger partial charge is 0.173 e. The first-order valence-corrected chi connectivity index (χ1v) is 10.5. The fourth-order valence-electron chi connectivity index (χ4n) is 6.79. The van der Waals surface area contributed by atoms with Crippen molar-refractivity contribution in [1.82, 2.24) is 4.90 Å². The molecule has 5 nitrogen and oxygen atoms in total. The average molecular weight is 373 g/mol. The average Bonchev–Trinajstić information content (AvgIpc) is 3.37. The van der Waals surface area contributed by atoms with Gasteiger partial charge >= 0.3 is 0 Å². The number of Topliss-reactive ketones (excluding diaryl/α,β-unsaturated/α-hetero) is 1. The van der Waals surface area contributed by atoms with E-state index in [1.807, 2.05) is 13.8 Å². The third-order valence-corrected chi connectivity index (χ3v) is 8.63. The van der Waals surface area contributed by atoms with Crippen LogP contribution in [0.25, 0.3) is 0 Å². The number of ketones is 1. The van der Waals surface area contributed by atoms with Gasteiger partial charge in [0.05, 0.1) is 11.0 Å². The molecule has 4 fully saturated rings. The largest absolute Gasteiger partial charge is 0.504 e. The second-order valence-corrected chi connectivity index (χ2v) is 9.80.